The Balaban J connectivity index is 2.05. The minimum atomic E-state index is -0.408. The van der Waals surface area contributed by atoms with Gasteiger partial charge in [0, 0.05) is 6.54 Å². The lowest BCUT2D eigenvalue weighted by Gasteiger charge is -2.22. The SMILES string of the molecule is NCCCNCC1(O)CCCC1. The van der Waals surface area contributed by atoms with Crippen molar-refractivity contribution >= 4 is 0 Å². The number of hydrogen-bond acceptors (Lipinski definition) is 3. The molecule has 72 valence electrons. The summed E-state index contributed by atoms with van der Waals surface area (Å²) in [4.78, 5) is 0. The van der Waals surface area contributed by atoms with Crippen LogP contribution >= 0.6 is 0 Å². The molecule has 0 bridgehead atoms. The number of aliphatic hydroxyl groups is 1. The molecular formula is C9H20N2O. The molecule has 12 heavy (non-hydrogen) atoms. The second kappa shape index (κ2) is 4.80. The summed E-state index contributed by atoms with van der Waals surface area (Å²) in [5.41, 5.74) is 4.95. The lowest BCUT2D eigenvalue weighted by Crippen LogP contribution is -2.38. The first-order chi connectivity index (χ1) is 5.77. The van der Waals surface area contributed by atoms with E-state index in [1.165, 1.54) is 12.8 Å². The fourth-order valence-electron chi connectivity index (χ4n) is 1.76. The van der Waals surface area contributed by atoms with E-state index >= 15 is 0 Å². The fourth-order valence-corrected chi connectivity index (χ4v) is 1.76. The Kier molecular flexibility index (Phi) is 3.98. The highest BCUT2D eigenvalue weighted by atomic mass is 16.3. The van der Waals surface area contributed by atoms with Crippen molar-refractivity contribution in [2.45, 2.75) is 37.7 Å². The van der Waals surface area contributed by atoms with Gasteiger partial charge in [0.2, 0.25) is 0 Å². The molecule has 0 aromatic heterocycles. The smallest absolute Gasteiger partial charge is 0.0771 e. The van der Waals surface area contributed by atoms with Crippen LogP contribution < -0.4 is 11.1 Å². The fraction of sp³-hybridized carbons (Fsp3) is 1.00. The molecule has 0 spiro atoms. The molecular weight excluding hydrogens is 152 g/mol. The van der Waals surface area contributed by atoms with Crippen LogP contribution in [0.4, 0.5) is 0 Å². The van der Waals surface area contributed by atoms with Crippen LogP contribution in [0.2, 0.25) is 0 Å². The predicted molar refractivity (Wildman–Crippen MR) is 50.0 cm³/mol. The Morgan fingerprint density at radius 3 is 2.58 bits per heavy atom. The van der Waals surface area contributed by atoms with Crippen molar-refractivity contribution in [2.24, 2.45) is 5.73 Å². The number of nitrogens with two attached hydrogens (primary N) is 1. The summed E-state index contributed by atoms with van der Waals surface area (Å²) in [5, 5.41) is 13.1. The van der Waals surface area contributed by atoms with Gasteiger partial charge in [-0.2, -0.15) is 0 Å². The molecule has 0 aromatic rings. The van der Waals surface area contributed by atoms with Crippen LogP contribution in [-0.4, -0.2) is 30.3 Å². The van der Waals surface area contributed by atoms with E-state index in [4.69, 9.17) is 5.73 Å². The van der Waals surface area contributed by atoms with Gasteiger partial charge in [-0.05, 0) is 32.4 Å². The lowest BCUT2D eigenvalue weighted by molar-refractivity contribution is 0.0479. The second-order valence-corrected chi connectivity index (χ2v) is 3.75. The third kappa shape index (κ3) is 3.09. The highest BCUT2D eigenvalue weighted by molar-refractivity contribution is 4.85. The molecule has 0 heterocycles. The molecule has 0 saturated heterocycles. The molecule has 4 N–H and O–H groups in total. The van der Waals surface area contributed by atoms with Crippen molar-refractivity contribution < 1.29 is 5.11 Å². The largest absolute Gasteiger partial charge is 0.389 e. The highest BCUT2D eigenvalue weighted by Gasteiger charge is 2.30. The molecule has 3 heteroatoms. The molecule has 0 aliphatic heterocycles. The maximum Gasteiger partial charge on any atom is 0.0771 e. The van der Waals surface area contributed by atoms with Crippen LogP contribution in [0.25, 0.3) is 0 Å². The Hall–Kier alpha value is -0.120. The van der Waals surface area contributed by atoms with E-state index in [9.17, 15) is 5.11 Å². The first-order valence-corrected chi connectivity index (χ1v) is 4.90. The van der Waals surface area contributed by atoms with Crippen LogP contribution in [0.15, 0.2) is 0 Å². The molecule has 0 amide bonds. The quantitative estimate of drug-likeness (QED) is 0.520. The van der Waals surface area contributed by atoms with E-state index in [0.717, 1.165) is 38.9 Å². The van der Waals surface area contributed by atoms with Gasteiger partial charge in [0.1, 0.15) is 0 Å². The van der Waals surface area contributed by atoms with Gasteiger partial charge < -0.3 is 16.2 Å². The number of rotatable bonds is 5. The van der Waals surface area contributed by atoms with Crippen molar-refractivity contribution in [1.82, 2.24) is 5.32 Å². The first kappa shape index (κ1) is 9.96. The molecule has 0 atom stereocenters. The van der Waals surface area contributed by atoms with Gasteiger partial charge in [-0.25, -0.2) is 0 Å². The lowest BCUT2D eigenvalue weighted by atomic mass is 10.0. The normalized spacial score (nSPS) is 21.5. The minimum Gasteiger partial charge on any atom is -0.389 e. The zero-order valence-corrected chi connectivity index (χ0v) is 7.68. The third-order valence-electron chi connectivity index (χ3n) is 2.55. The van der Waals surface area contributed by atoms with Gasteiger partial charge in [-0.15, -0.1) is 0 Å². The van der Waals surface area contributed by atoms with Gasteiger partial charge >= 0.3 is 0 Å². The second-order valence-electron chi connectivity index (χ2n) is 3.75. The van der Waals surface area contributed by atoms with Gasteiger partial charge in [-0.1, -0.05) is 12.8 Å². The van der Waals surface area contributed by atoms with Gasteiger partial charge in [0.05, 0.1) is 5.60 Å². The zero-order chi connectivity index (χ0) is 8.86. The van der Waals surface area contributed by atoms with Crippen LogP contribution in [0.3, 0.4) is 0 Å². The molecule has 0 radical (unpaired) electrons. The standard InChI is InChI=1S/C9H20N2O/c10-6-3-7-11-8-9(12)4-1-2-5-9/h11-12H,1-8,10H2. The van der Waals surface area contributed by atoms with Crippen molar-refractivity contribution in [3.8, 4) is 0 Å². The molecule has 1 aliphatic rings. The molecule has 0 aromatic carbocycles. The molecule has 0 unspecified atom stereocenters. The summed E-state index contributed by atoms with van der Waals surface area (Å²) in [6, 6.07) is 0. The summed E-state index contributed by atoms with van der Waals surface area (Å²) in [6.07, 6.45) is 5.27. The minimum absolute atomic E-state index is 0.408. The Labute approximate surface area is 74.3 Å². The molecule has 1 saturated carbocycles. The van der Waals surface area contributed by atoms with Crippen molar-refractivity contribution in [3.05, 3.63) is 0 Å². The predicted octanol–water partition coefficient (Wildman–Crippen LogP) is 0.230. The number of nitrogens with one attached hydrogen (secondary N) is 1. The maximum absolute atomic E-state index is 9.90. The monoisotopic (exact) mass is 172 g/mol. The van der Waals surface area contributed by atoms with E-state index in [1.807, 2.05) is 0 Å². The zero-order valence-electron chi connectivity index (χ0n) is 7.68. The summed E-state index contributed by atoms with van der Waals surface area (Å²) in [6.45, 7) is 2.40. The first-order valence-electron chi connectivity index (χ1n) is 4.90. The van der Waals surface area contributed by atoms with E-state index in [0.29, 0.717) is 0 Å². The van der Waals surface area contributed by atoms with E-state index in [1.54, 1.807) is 0 Å². The topological polar surface area (TPSA) is 58.3 Å². The van der Waals surface area contributed by atoms with Gasteiger partial charge in [-0.3, -0.25) is 0 Å². The van der Waals surface area contributed by atoms with E-state index in [2.05, 4.69) is 5.32 Å². The number of hydrogen-bond donors (Lipinski definition) is 3. The Bertz CT molecular complexity index is 122. The van der Waals surface area contributed by atoms with Gasteiger partial charge in [0.15, 0.2) is 0 Å². The van der Waals surface area contributed by atoms with Crippen molar-refractivity contribution in [1.29, 1.82) is 0 Å². The summed E-state index contributed by atoms with van der Waals surface area (Å²) in [7, 11) is 0. The average Bonchev–Trinajstić information content (AvgIpc) is 2.47. The van der Waals surface area contributed by atoms with Crippen LogP contribution in [0.5, 0.6) is 0 Å². The summed E-state index contributed by atoms with van der Waals surface area (Å²) >= 11 is 0. The maximum atomic E-state index is 9.90. The van der Waals surface area contributed by atoms with E-state index in [-0.39, 0.29) is 0 Å². The average molecular weight is 172 g/mol. The molecule has 1 fully saturated rings. The summed E-state index contributed by atoms with van der Waals surface area (Å²) in [5.74, 6) is 0. The Morgan fingerprint density at radius 2 is 2.00 bits per heavy atom. The molecule has 1 aliphatic carbocycles. The Morgan fingerprint density at radius 1 is 1.33 bits per heavy atom. The highest BCUT2D eigenvalue weighted by Crippen LogP contribution is 2.28. The van der Waals surface area contributed by atoms with Crippen molar-refractivity contribution in [3.63, 3.8) is 0 Å². The van der Waals surface area contributed by atoms with Crippen LogP contribution in [0, 0.1) is 0 Å². The van der Waals surface area contributed by atoms with E-state index < -0.39 is 5.60 Å². The third-order valence-corrected chi connectivity index (χ3v) is 2.55. The summed E-state index contributed by atoms with van der Waals surface area (Å²) < 4.78 is 0. The molecule has 1 rings (SSSR count). The van der Waals surface area contributed by atoms with Crippen LogP contribution in [-0.2, 0) is 0 Å². The van der Waals surface area contributed by atoms with Crippen LogP contribution in [0.1, 0.15) is 32.1 Å². The van der Waals surface area contributed by atoms with Gasteiger partial charge in [0.25, 0.3) is 0 Å². The van der Waals surface area contributed by atoms with Crippen molar-refractivity contribution in [2.75, 3.05) is 19.6 Å². The molecule has 3 nitrogen and oxygen atoms in total.